The highest BCUT2D eigenvalue weighted by molar-refractivity contribution is 6.04. The van der Waals surface area contributed by atoms with Crippen molar-refractivity contribution in [1.29, 1.82) is 0 Å². The normalized spacial score (nSPS) is 17.5. The second kappa shape index (κ2) is 10.5. The average Bonchev–Trinajstić information content (AvgIpc) is 3.22. The van der Waals surface area contributed by atoms with E-state index in [4.69, 9.17) is 9.47 Å². The van der Waals surface area contributed by atoms with Crippen LogP contribution in [0.3, 0.4) is 0 Å². The van der Waals surface area contributed by atoms with E-state index in [9.17, 15) is 14.4 Å². The number of allylic oxidation sites excluding steroid dienone is 4. The molecule has 0 bridgehead atoms. The summed E-state index contributed by atoms with van der Waals surface area (Å²) >= 11 is 0. The fourth-order valence-corrected chi connectivity index (χ4v) is 3.68. The van der Waals surface area contributed by atoms with E-state index in [1.165, 1.54) is 6.33 Å². The molecule has 2 aromatic heterocycles. The van der Waals surface area contributed by atoms with Gasteiger partial charge in [0.25, 0.3) is 5.91 Å². The van der Waals surface area contributed by atoms with Crippen molar-refractivity contribution >= 4 is 29.0 Å². The van der Waals surface area contributed by atoms with E-state index >= 15 is 0 Å². The quantitative estimate of drug-likeness (QED) is 0.407. The van der Waals surface area contributed by atoms with Crippen LogP contribution in [0.4, 0.5) is 4.79 Å². The topological polar surface area (TPSA) is 135 Å². The number of alkyl carbamates (subject to hydrolysis) is 1. The van der Waals surface area contributed by atoms with Crippen molar-refractivity contribution < 1.29 is 23.9 Å². The molecule has 2 heterocycles. The molecule has 186 valence electrons. The molecule has 0 fully saturated rings. The molecular weight excluding hydrogens is 450 g/mol. The zero-order valence-corrected chi connectivity index (χ0v) is 20.6. The van der Waals surface area contributed by atoms with Crippen molar-refractivity contribution in [2.24, 2.45) is 5.92 Å². The number of fused-ring (bicyclic) bond motifs is 1. The van der Waals surface area contributed by atoms with Crippen LogP contribution in [0.25, 0.3) is 11.0 Å². The summed E-state index contributed by atoms with van der Waals surface area (Å²) in [7, 11) is 0. The molecule has 3 rings (SSSR count). The van der Waals surface area contributed by atoms with Gasteiger partial charge in [-0.2, -0.15) is 0 Å². The molecule has 35 heavy (non-hydrogen) atoms. The molecule has 0 spiro atoms. The number of ether oxygens (including phenoxy) is 2. The number of carbonyl (C=O) groups excluding carboxylic acids is 3. The summed E-state index contributed by atoms with van der Waals surface area (Å²) in [6.45, 7) is 12.9. The fraction of sp³-hybridized carbons (Fsp3) is 0.400. The average molecular weight is 482 g/mol. The van der Waals surface area contributed by atoms with Crippen molar-refractivity contribution in [3.05, 3.63) is 59.9 Å². The maximum atomic E-state index is 12.7. The molecular formula is C25H31N5O5. The van der Waals surface area contributed by atoms with E-state index in [0.717, 1.165) is 0 Å². The first-order valence-corrected chi connectivity index (χ1v) is 11.3. The maximum Gasteiger partial charge on any atom is 0.407 e. The van der Waals surface area contributed by atoms with Crippen molar-refractivity contribution in [2.75, 3.05) is 13.2 Å². The minimum Gasteiger partial charge on any atom is -0.462 e. The maximum absolute atomic E-state index is 12.7. The lowest BCUT2D eigenvalue weighted by atomic mass is 9.83. The SMILES string of the molecule is C=C(CNC(=O)OC(C)(C)C)C(=O)NC1=CC=C[C@H](c2ncnc3[nH]cc(C(=O)OCC)c23)C1C. The minimum atomic E-state index is -0.642. The highest BCUT2D eigenvalue weighted by Crippen LogP contribution is 2.36. The van der Waals surface area contributed by atoms with Gasteiger partial charge in [0.15, 0.2) is 0 Å². The molecule has 0 radical (unpaired) electrons. The van der Waals surface area contributed by atoms with Crippen molar-refractivity contribution in [3.8, 4) is 0 Å². The number of aromatic nitrogens is 3. The number of carbonyl (C=O) groups is 3. The third-order valence-corrected chi connectivity index (χ3v) is 5.36. The minimum absolute atomic E-state index is 0.0551. The zero-order valence-electron chi connectivity index (χ0n) is 20.6. The molecule has 0 saturated carbocycles. The molecule has 2 aromatic rings. The Bertz CT molecular complexity index is 1200. The molecule has 1 aliphatic rings. The summed E-state index contributed by atoms with van der Waals surface area (Å²) in [6, 6.07) is 0. The number of aromatic amines is 1. The van der Waals surface area contributed by atoms with Gasteiger partial charge in [0.2, 0.25) is 0 Å². The third kappa shape index (κ3) is 6.14. The van der Waals surface area contributed by atoms with E-state index in [-0.39, 0.29) is 30.6 Å². The monoisotopic (exact) mass is 481 g/mol. The van der Waals surface area contributed by atoms with E-state index in [0.29, 0.717) is 28.0 Å². The Balaban J connectivity index is 1.73. The first kappa shape index (κ1) is 25.7. The van der Waals surface area contributed by atoms with Gasteiger partial charge in [-0.15, -0.1) is 0 Å². The van der Waals surface area contributed by atoms with Gasteiger partial charge in [0, 0.05) is 29.3 Å². The van der Waals surface area contributed by atoms with Crippen molar-refractivity contribution in [3.63, 3.8) is 0 Å². The molecule has 2 atom stereocenters. The number of esters is 1. The van der Waals surface area contributed by atoms with Crippen molar-refractivity contribution in [1.82, 2.24) is 25.6 Å². The van der Waals surface area contributed by atoms with Crippen LogP contribution in [0.15, 0.2) is 48.6 Å². The van der Waals surface area contributed by atoms with Gasteiger partial charge in [-0.05, 0) is 33.8 Å². The Hall–Kier alpha value is -3.95. The number of nitrogens with one attached hydrogen (secondary N) is 3. The number of rotatable bonds is 7. The second-order valence-corrected chi connectivity index (χ2v) is 9.14. The second-order valence-electron chi connectivity index (χ2n) is 9.14. The Morgan fingerprint density at radius 3 is 2.66 bits per heavy atom. The van der Waals surface area contributed by atoms with Gasteiger partial charge >= 0.3 is 12.1 Å². The van der Waals surface area contributed by atoms with Crippen LogP contribution in [0.5, 0.6) is 0 Å². The van der Waals surface area contributed by atoms with E-state index < -0.39 is 23.6 Å². The Morgan fingerprint density at radius 2 is 1.97 bits per heavy atom. The molecule has 2 amide bonds. The van der Waals surface area contributed by atoms with Gasteiger partial charge in [0.05, 0.1) is 29.8 Å². The van der Waals surface area contributed by atoms with Gasteiger partial charge < -0.3 is 25.1 Å². The van der Waals surface area contributed by atoms with Crippen molar-refractivity contribution in [2.45, 2.75) is 46.1 Å². The van der Waals surface area contributed by atoms with Crippen LogP contribution < -0.4 is 10.6 Å². The molecule has 0 aliphatic heterocycles. The molecule has 10 nitrogen and oxygen atoms in total. The third-order valence-electron chi connectivity index (χ3n) is 5.36. The summed E-state index contributed by atoms with van der Waals surface area (Å²) in [5.74, 6) is -1.30. The molecule has 10 heteroatoms. The van der Waals surface area contributed by atoms with E-state index in [1.807, 2.05) is 19.1 Å². The number of hydrogen-bond acceptors (Lipinski definition) is 7. The Kier molecular flexibility index (Phi) is 7.73. The van der Waals surface area contributed by atoms with E-state index in [1.54, 1.807) is 40.0 Å². The van der Waals surface area contributed by atoms with Crippen LogP contribution in [-0.2, 0) is 14.3 Å². The van der Waals surface area contributed by atoms with E-state index in [2.05, 4.69) is 32.2 Å². The lowest BCUT2D eigenvalue weighted by Crippen LogP contribution is -2.37. The summed E-state index contributed by atoms with van der Waals surface area (Å²) in [5, 5.41) is 5.99. The number of H-pyrrole nitrogens is 1. The predicted molar refractivity (Wildman–Crippen MR) is 130 cm³/mol. The zero-order chi connectivity index (χ0) is 25.8. The summed E-state index contributed by atoms with van der Waals surface area (Å²) in [5.41, 5.74) is 1.72. The molecule has 1 unspecified atom stereocenters. The van der Waals surface area contributed by atoms with Gasteiger partial charge in [-0.1, -0.05) is 25.7 Å². The fourth-order valence-electron chi connectivity index (χ4n) is 3.68. The number of hydrogen-bond donors (Lipinski definition) is 3. The summed E-state index contributed by atoms with van der Waals surface area (Å²) in [4.78, 5) is 48.8. The number of nitrogens with zero attached hydrogens (tertiary/aromatic N) is 2. The lowest BCUT2D eigenvalue weighted by molar-refractivity contribution is -0.117. The van der Waals surface area contributed by atoms with Crippen LogP contribution in [-0.4, -0.2) is 51.7 Å². The highest BCUT2D eigenvalue weighted by Gasteiger charge is 2.29. The molecule has 0 aromatic carbocycles. The first-order chi connectivity index (χ1) is 16.5. The first-order valence-electron chi connectivity index (χ1n) is 11.3. The molecule has 1 aliphatic carbocycles. The van der Waals surface area contributed by atoms with Crippen LogP contribution in [0.1, 0.15) is 56.6 Å². The lowest BCUT2D eigenvalue weighted by Gasteiger charge is -2.27. The van der Waals surface area contributed by atoms with Crippen LogP contribution in [0.2, 0.25) is 0 Å². The Morgan fingerprint density at radius 1 is 1.23 bits per heavy atom. The smallest absolute Gasteiger partial charge is 0.407 e. The summed E-state index contributed by atoms with van der Waals surface area (Å²) in [6.07, 6.45) is 7.96. The van der Waals surface area contributed by atoms with Gasteiger partial charge in [-0.3, -0.25) is 4.79 Å². The molecule has 0 saturated heterocycles. The van der Waals surface area contributed by atoms with Crippen LogP contribution >= 0.6 is 0 Å². The highest BCUT2D eigenvalue weighted by atomic mass is 16.6. The standard InChI is InChI=1S/C25H31N5O5/c1-7-34-23(32)17-12-26-21-19(17)20(28-13-29-21)16-9-8-10-18(15(16)3)30-22(31)14(2)11-27-24(33)35-25(4,5)6/h8-10,12-13,15-16H,2,7,11H2,1,3-6H3,(H,27,33)(H,30,31)(H,26,28,29)/t15?,16-/m0/s1. The molecule has 3 N–H and O–H groups in total. The largest absolute Gasteiger partial charge is 0.462 e. The van der Waals surface area contributed by atoms with Gasteiger partial charge in [-0.25, -0.2) is 19.6 Å². The van der Waals surface area contributed by atoms with Gasteiger partial charge in [0.1, 0.15) is 17.6 Å². The predicted octanol–water partition coefficient (Wildman–Crippen LogP) is 3.51. The Labute approximate surface area is 203 Å². The summed E-state index contributed by atoms with van der Waals surface area (Å²) < 4.78 is 10.4. The number of amides is 2. The van der Waals surface area contributed by atoms with Crippen LogP contribution in [0, 0.1) is 5.92 Å².